The molecule has 17 heavy (non-hydrogen) atoms. The summed E-state index contributed by atoms with van der Waals surface area (Å²) in [7, 11) is 0. The van der Waals surface area contributed by atoms with Gasteiger partial charge in [0.15, 0.2) is 0 Å². The lowest BCUT2D eigenvalue weighted by atomic mass is 10.1. The average Bonchev–Trinajstić information content (AvgIpc) is 2.80. The molecule has 0 spiro atoms. The first-order valence-electron chi connectivity index (χ1n) is 6.34. The Morgan fingerprint density at radius 2 is 2.12 bits per heavy atom. The van der Waals surface area contributed by atoms with E-state index in [1.807, 2.05) is 24.8 Å². The van der Waals surface area contributed by atoms with Crippen LogP contribution in [-0.2, 0) is 0 Å². The summed E-state index contributed by atoms with van der Waals surface area (Å²) >= 11 is 8.17. The van der Waals surface area contributed by atoms with E-state index >= 15 is 0 Å². The molecule has 1 atom stereocenters. The summed E-state index contributed by atoms with van der Waals surface area (Å²) in [5.74, 6) is 2.10. The first-order valence-corrected chi connectivity index (χ1v) is 7.71. The maximum atomic E-state index is 6.28. The van der Waals surface area contributed by atoms with E-state index in [0.717, 1.165) is 16.5 Å². The molecule has 0 saturated heterocycles. The van der Waals surface area contributed by atoms with Gasteiger partial charge < -0.3 is 5.73 Å². The van der Waals surface area contributed by atoms with Gasteiger partial charge in [-0.2, -0.15) is 0 Å². The van der Waals surface area contributed by atoms with Gasteiger partial charge in [-0.15, -0.1) is 11.8 Å². The number of thioether (sulfide) groups is 1. The fourth-order valence-electron chi connectivity index (χ4n) is 2.30. The third-order valence-corrected chi connectivity index (χ3v) is 5.16. The van der Waals surface area contributed by atoms with Crippen molar-refractivity contribution in [1.29, 1.82) is 0 Å². The van der Waals surface area contributed by atoms with Crippen LogP contribution in [0.2, 0.25) is 5.02 Å². The molecular formula is C14H20ClNS. The van der Waals surface area contributed by atoms with E-state index in [1.54, 1.807) is 0 Å². The first kappa shape index (κ1) is 13.3. The minimum atomic E-state index is 0.0568. The van der Waals surface area contributed by atoms with Crippen LogP contribution in [0.15, 0.2) is 23.1 Å². The number of hydrogen-bond acceptors (Lipinski definition) is 2. The van der Waals surface area contributed by atoms with Crippen LogP contribution in [0.3, 0.4) is 0 Å². The highest BCUT2D eigenvalue weighted by Gasteiger charge is 2.15. The maximum absolute atomic E-state index is 6.28. The summed E-state index contributed by atoms with van der Waals surface area (Å²) in [5, 5.41) is 0.850. The van der Waals surface area contributed by atoms with Crippen molar-refractivity contribution in [2.75, 3.05) is 5.75 Å². The van der Waals surface area contributed by atoms with Gasteiger partial charge in [0.25, 0.3) is 0 Å². The zero-order valence-electron chi connectivity index (χ0n) is 10.3. The lowest BCUT2D eigenvalue weighted by Gasteiger charge is -2.11. The van der Waals surface area contributed by atoms with Crippen LogP contribution in [0.1, 0.15) is 44.2 Å². The van der Waals surface area contributed by atoms with Crippen LogP contribution in [0.25, 0.3) is 0 Å². The SMILES string of the molecule is C[C@H](N)c1ccc(SCC2CCCC2)c(Cl)c1. The van der Waals surface area contributed by atoms with Gasteiger partial charge in [0.2, 0.25) is 0 Å². The fourth-order valence-corrected chi connectivity index (χ4v) is 3.76. The number of hydrogen-bond donors (Lipinski definition) is 1. The largest absolute Gasteiger partial charge is 0.324 e. The molecule has 0 unspecified atom stereocenters. The Morgan fingerprint density at radius 1 is 1.41 bits per heavy atom. The maximum Gasteiger partial charge on any atom is 0.0545 e. The summed E-state index contributed by atoms with van der Waals surface area (Å²) in [5.41, 5.74) is 6.95. The highest BCUT2D eigenvalue weighted by Crippen LogP contribution is 2.34. The van der Waals surface area contributed by atoms with E-state index in [1.165, 1.54) is 36.3 Å². The van der Waals surface area contributed by atoms with E-state index in [4.69, 9.17) is 17.3 Å². The van der Waals surface area contributed by atoms with E-state index in [9.17, 15) is 0 Å². The van der Waals surface area contributed by atoms with E-state index < -0.39 is 0 Å². The van der Waals surface area contributed by atoms with Crippen molar-refractivity contribution >= 4 is 23.4 Å². The highest BCUT2D eigenvalue weighted by molar-refractivity contribution is 7.99. The summed E-state index contributed by atoms with van der Waals surface area (Å²) in [4.78, 5) is 1.20. The second kappa shape index (κ2) is 6.12. The Labute approximate surface area is 113 Å². The molecule has 0 heterocycles. The Kier molecular flexibility index (Phi) is 4.78. The van der Waals surface area contributed by atoms with Crippen molar-refractivity contribution < 1.29 is 0 Å². The number of rotatable bonds is 4. The van der Waals surface area contributed by atoms with Crippen molar-refractivity contribution in [3.8, 4) is 0 Å². The molecule has 1 nitrogen and oxygen atoms in total. The topological polar surface area (TPSA) is 26.0 Å². The zero-order chi connectivity index (χ0) is 12.3. The van der Waals surface area contributed by atoms with Crippen molar-refractivity contribution in [2.24, 2.45) is 11.7 Å². The van der Waals surface area contributed by atoms with Gasteiger partial charge in [-0.1, -0.05) is 30.5 Å². The van der Waals surface area contributed by atoms with E-state index in [2.05, 4.69) is 12.1 Å². The molecule has 0 bridgehead atoms. The van der Waals surface area contributed by atoms with E-state index in [-0.39, 0.29) is 6.04 Å². The standard InChI is InChI=1S/C14H20ClNS/c1-10(16)12-6-7-14(13(15)8-12)17-9-11-4-2-3-5-11/h6-8,10-11H,2-5,9,16H2,1H3/t10-/m0/s1. The normalized spacial score (nSPS) is 18.5. The van der Waals surface area contributed by atoms with Gasteiger partial charge in [0, 0.05) is 16.7 Å². The van der Waals surface area contributed by atoms with Crippen LogP contribution in [0, 0.1) is 5.92 Å². The number of nitrogens with two attached hydrogens (primary N) is 1. The molecular weight excluding hydrogens is 250 g/mol. The molecule has 1 saturated carbocycles. The summed E-state index contributed by atoms with van der Waals surface area (Å²) in [6.07, 6.45) is 5.59. The lowest BCUT2D eigenvalue weighted by molar-refractivity contribution is 0.623. The lowest BCUT2D eigenvalue weighted by Crippen LogP contribution is -2.04. The van der Waals surface area contributed by atoms with Crippen LogP contribution in [0.4, 0.5) is 0 Å². The molecule has 1 aromatic carbocycles. The molecule has 0 aliphatic heterocycles. The van der Waals surface area contributed by atoms with Crippen LogP contribution < -0.4 is 5.73 Å². The summed E-state index contributed by atoms with van der Waals surface area (Å²) in [6.45, 7) is 1.98. The Morgan fingerprint density at radius 3 is 2.71 bits per heavy atom. The summed E-state index contributed by atoms with van der Waals surface area (Å²) in [6, 6.07) is 6.26. The Balaban J connectivity index is 1.96. The van der Waals surface area contributed by atoms with Crippen LogP contribution in [-0.4, -0.2) is 5.75 Å². The molecule has 0 amide bonds. The van der Waals surface area contributed by atoms with Crippen LogP contribution in [0.5, 0.6) is 0 Å². The third-order valence-electron chi connectivity index (χ3n) is 3.43. The average molecular weight is 270 g/mol. The number of halogens is 1. The van der Waals surface area contributed by atoms with Crippen molar-refractivity contribution in [3.05, 3.63) is 28.8 Å². The highest BCUT2D eigenvalue weighted by atomic mass is 35.5. The van der Waals surface area contributed by atoms with Crippen molar-refractivity contribution in [1.82, 2.24) is 0 Å². The first-order chi connectivity index (χ1) is 8.16. The summed E-state index contributed by atoms with van der Waals surface area (Å²) < 4.78 is 0. The second-order valence-corrected chi connectivity index (χ2v) is 6.41. The molecule has 1 aliphatic rings. The van der Waals surface area contributed by atoms with E-state index in [0.29, 0.717) is 0 Å². The fraction of sp³-hybridized carbons (Fsp3) is 0.571. The monoisotopic (exact) mass is 269 g/mol. The molecule has 1 aromatic rings. The molecule has 2 N–H and O–H groups in total. The van der Waals surface area contributed by atoms with Gasteiger partial charge in [-0.25, -0.2) is 0 Å². The molecule has 1 fully saturated rings. The van der Waals surface area contributed by atoms with Gasteiger partial charge in [-0.3, -0.25) is 0 Å². The smallest absolute Gasteiger partial charge is 0.0545 e. The molecule has 2 rings (SSSR count). The van der Waals surface area contributed by atoms with Crippen molar-refractivity contribution in [2.45, 2.75) is 43.5 Å². The van der Waals surface area contributed by atoms with Crippen LogP contribution >= 0.6 is 23.4 Å². The third kappa shape index (κ3) is 3.64. The van der Waals surface area contributed by atoms with Gasteiger partial charge in [0.1, 0.15) is 0 Å². The molecule has 1 aliphatic carbocycles. The number of benzene rings is 1. The predicted molar refractivity (Wildman–Crippen MR) is 76.7 cm³/mol. The predicted octanol–water partition coefficient (Wildman–Crippen LogP) is 4.64. The Bertz CT molecular complexity index is 372. The molecule has 0 radical (unpaired) electrons. The van der Waals surface area contributed by atoms with Gasteiger partial charge in [-0.05, 0) is 43.4 Å². The molecule has 94 valence electrons. The zero-order valence-corrected chi connectivity index (χ0v) is 11.9. The molecule has 3 heteroatoms. The van der Waals surface area contributed by atoms with Gasteiger partial charge in [0.05, 0.1) is 5.02 Å². The quantitative estimate of drug-likeness (QED) is 0.806. The second-order valence-electron chi connectivity index (χ2n) is 4.94. The minimum Gasteiger partial charge on any atom is -0.324 e. The Hall–Kier alpha value is -0.180. The van der Waals surface area contributed by atoms with Crippen molar-refractivity contribution in [3.63, 3.8) is 0 Å². The minimum absolute atomic E-state index is 0.0568. The molecule has 0 aromatic heterocycles. The van der Waals surface area contributed by atoms with Gasteiger partial charge >= 0.3 is 0 Å².